The van der Waals surface area contributed by atoms with Gasteiger partial charge in [-0.05, 0) is 37.5 Å². The van der Waals surface area contributed by atoms with E-state index in [4.69, 9.17) is 5.11 Å². The highest BCUT2D eigenvalue weighted by molar-refractivity contribution is 7.98. The zero-order chi connectivity index (χ0) is 13.8. The van der Waals surface area contributed by atoms with Gasteiger partial charge >= 0.3 is 0 Å². The van der Waals surface area contributed by atoms with Gasteiger partial charge < -0.3 is 5.11 Å². The van der Waals surface area contributed by atoms with Gasteiger partial charge in [-0.15, -0.1) is 0 Å². The molecule has 1 aromatic heterocycles. The van der Waals surface area contributed by atoms with Gasteiger partial charge in [-0.3, -0.25) is 0 Å². The van der Waals surface area contributed by atoms with Crippen molar-refractivity contribution in [2.24, 2.45) is 0 Å². The summed E-state index contributed by atoms with van der Waals surface area (Å²) in [5.41, 5.74) is 5.40. The van der Waals surface area contributed by atoms with Crippen LogP contribution in [0.4, 0.5) is 0 Å². The van der Waals surface area contributed by atoms with Crippen LogP contribution in [-0.4, -0.2) is 15.1 Å². The molecule has 0 spiro atoms. The zero-order valence-corrected chi connectivity index (χ0v) is 12.3. The van der Waals surface area contributed by atoms with E-state index in [-0.39, 0.29) is 6.61 Å². The molecule has 0 bridgehead atoms. The van der Waals surface area contributed by atoms with Gasteiger partial charge in [0, 0.05) is 17.1 Å². The van der Waals surface area contributed by atoms with E-state index in [1.807, 2.05) is 45.0 Å². The number of aromatic nitrogens is 2. The fourth-order valence-electron chi connectivity index (χ4n) is 1.69. The van der Waals surface area contributed by atoms with Crippen molar-refractivity contribution in [2.45, 2.75) is 38.3 Å². The second-order valence-electron chi connectivity index (χ2n) is 4.57. The quantitative estimate of drug-likeness (QED) is 0.687. The van der Waals surface area contributed by atoms with E-state index in [0.29, 0.717) is 0 Å². The molecule has 0 saturated carbocycles. The minimum absolute atomic E-state index is 0.0902. The Labute approximate surface area is 118 Å². The van der Waals surface area contributed by atoms with Crippen LogP contribution in [0.1, 0.15) is 28.1 Å². The number of aliphatic hydroxyl groups excluding tert-OH is 1. The minimum Gasteiger partial charge on any atom is -0.392 e. The number of benzene rings is 1. The Balaban J connectivity index is 2.05. The summed E-state index contributed by atoms with van der Waals surface area (Å²) in [5, 5.41) is 9.82. The van der Waals surface area contributed by atoms with Crippen molar-refractivity contribution in [1.82, 2.24) is 9.97 Å². The van der Waals surface area contributed by atoms with Crippen LogP contribution in [0.2, 0.25) is 0 Å². The molecule has 2 rings (SSSR count). The summed E-state index contributed by atoms with van der Waals surface area (Å²) in [6.45, 7) is 6.17. The number of rotatable bonds is 4. The standard InChI is InChI=1S/C15H18N2OS/c1-10-11(2)16-15(17-12(10)3)19-9-14-6-4-13(8-18)5-7-14/h4-7,18H,8-9H2,1-3H3. The lowest BCUT2D eigenvalue weighted by molar-refractivity contribution is 0.282. The lowest BCUT2D eigenvalue weighted by atomic mass is 10.2. The maximum atomic E-state index is 9.00. The van der Waals surface area contributed by atoms with Crippen LogP contribution < -0.4 is 0 Å². The average molecular weight is 274 g/mol. The predicted octanol–water partition coefficient (Wildman–Crippen LogP) is 3.19. The van der Waals surface area contributed by atoms with E-state index in [0.717, 1.165) is 33.4 Å². The third-order valence-corrected chi connectivity index (χ3v) is 4.10. The van der Waals surface area contributed by atoms with Crippen LogP contribution in [0.5, 0.6) is 0 Å². The molecular weight excluding hydrogens is 256 g/mol. The van der Waals surface area contributed by atoms with Crippen molar-refractivity contribution in [3.63, 3.8) is 0 Å². The Morgan fingerprint density at radius 2 is 1.47 bits per heavy atom. The Morgan fingerprint density at radius 3 is 2.00 bits per heavy atom. The fraction of sp³-hybridized carbons (Fsp3) is 0.333. The number of hydrogen-bond acceptors (Lipinski definition) is 4. The van der Waals surface area contributed by atoms with E-state index in [9.17, 15) is 0 Å². The van der Waals surface area contributed by atoms with E-state index < -0.39 is 0 Å². The van der Waals surface area contributed by atoms with E-state index >= 15 is 0 Å². The van der Waals surface area contributed by atoms with Gasteiger partial charge in [-0.25, -0.2) is 9.97 Å². The molecule has 1 aromatic carbocycles. The van der Waals surface area contributed by atoms with E-state index in [2.05, 4.69) is 9.97 Å². The second kappa shape index (κ2) is 6.17. The molecular formula is C15H18N2OS. The molecule has 2 aromatic rings. The maximum absolute atomic E-state index is 9.00. The van der Waals surface area contributed by atoms with Gasteiger partial charge in [0.05, 0.1) is 6.61 Å². The number of hydrogen-bond donors (Lipinski definition) is 1. The highest BCUT2D eigenvalue weighted by Gasteiger charge is 2.05. The molecule has 19 heavy (non-hydrogen) atoms. The van der Waals surface area contributed by atoms with Gasteiger partial charge in [0.1, 0.15) is 0 Å². The topological polar surface area (TPSA) is 46.0 Å². The molecule has 0 radical (unpaired) electrons. The first kappa shape index (κ1) is 14.0. The Hall–Kier alpha value is -1.39. The van der Waals surface area contributed by atoms with Crippen molar-refractivity contribution >= 4 is 11.8 Å². The van der Waals surface area contributed by atoms with E-state index in [1.54, 1.807) is 11.8 Å². The fourth-order valence-corrected chi connectivity index (χ4v) is 2.59. The molecule has 0 unspecified atom stereocenters. The molecule has 0 saturated heterocycles. The number of aliphatic hydroxyl groups is 1. The van der Waals surface area contributed by atoms with Crippen molar-refractivity contribution < 1.29 is 5.11 Å². The van der Waals surface area contributed by atoms with Crippen LogP contribution in [0.25, 0.3) is 0 Å². The predicted molar refractivity (Wildman–Crippen MR) is 78.2 cm³/mol. The van der Waals surface area contributed by atoms with Crippen molar-refractivity contribution in [3.8, 4) is 0 Å². The van der Waals surface area contributed by atoms with Crippen molar-refractivity contribution in [2.75, 3.05) is 0 Å². The normalized spacial score (nSPS) is 10.7. The second-order valence-corrected chi connectivity index (χ2v) is 5.51. The van der Waals surface area contributed by atoms with Crippen LogP contribution >= 0.6 is 11.8 Å². The zero-order valence-electron chi connectivity index (χ0n) is 11.5. The first-order valence-electron chi connectivity index (χ1n) is 6.23. The summed E-state index contributed by atoms with van der Waals surface area (Å²) in [6.07, 6.45) is 0. The summed E-state index contributed by atoms with van der Waals surface area (Å²) >= 11 is 1.64. The molecule has 0 fully saturated rings. The third kappa shape index (κ3) is 3.55. The SMILES string of the molecule is Cc1nc(SCc2ccc(CO)cc2)nc(C)c1C. The monoisotopic (exact) mass is 274 g/mol. The first-order chi connectivity index (χ1) is 9.10. The molecule has 0 aliphatic rings. The van der Waals surface area contributed by atoms with Gasteiger partial charge in [0.2, 0.25) is 0 Å². The number of aryl methyl sites for hydroxylation is 2. The Kier molecular flexibility index (Phi) is 4.56. The molecule has 3 nitrogen and oxygen atoms in total. The third-order valence-electron chi connectivity index (χ3n) is 3.19. The molecule has 0 aliphatic carbocycles. The smallest absolute Gasteiger partial charge is 0.188 e. The highest BCUT2D eigenvalue weighted by Crippen LogP contribution is 2.21. The lowest BCUT2D eigenvalue weighted by Crippen LogP contribution is -1.98. The average Bonchev–Trinajstić information content (AvgIpc) is 2.43. The van der Waals surface area contributed by atoms with Gasteiger partial charge in [-0.2, -0.15) is 0 Å². The van der Waals surface area contributed by atoms with Crippen molar-refractivity contribution in [1.29, 1.82) is 0 Å². The number of nitrogens with zero attached hydrogens (tertiary/aromatic N) is 2. The summed E-state index contributed by atoms with van der Waals surface area (Å²) in [4.78, 5) is 8.99. The Bertz CT molecular complexity index is 544. The molecule has 0 aliphatic heterocycles. The molecule has 1 N–H and O–H groups in total. The summed E-state index contributed by atoms with van der Waals surface area (Å²) in [7, 11) is 0. The minimum atomic E-state index is 0.0902. The summed E-state index contributed by atoms with van der Waals surface area (Å²) < 4.78 is 0. The van der Waals surface area contributed by atoms with Gasteiger partial charge in [0.25, 0.3) is 0 Å². The highest BCUT2D eigenvalue weighted by atomic mass is 32.2. The molecule has 1 heterocycles. The Morgan fingerprint density at radius 1 is 0.947 bits per heavy atom. The lowest BCUT2D eigenvalue weighted by Gasteiger charge is -2.07. The summed E-state index contributed by atoms with van der Waals surface area (Å²) in [5.74, 6) is 0.841. The molecule has 4 heteroatoms. The van der Waals surface area contributed by atoms with Gasteiger partial charge in [-0.1, -0.05) is 36.0 Å². The van der Waals surface area contributed by atoms with Gasteiger partial charge in [0.15, 0.2) is 5.16 Å². The van der Waals surface area contributed by atoms with Crippen LogP contribution in [-0.2, 0) is 12.4 Å². The largest absolute Gasteiger partial charge is 0.392 e. The molecule has 100 valence electrons. The summed E-state index contributed by atoms with van der Waals surface area (Å²) in [6, 6.07) is 7.96. The molecule has 0 amide bonds. The first-order valence-corrected chi connectivity index (χ1v) is 7.22. The van der Waals surface area contributed by atoms with E-state index in [1.165, 1.54) is 5.56 Å². The number of thioether (sulfide) groups is 1. The van der Waals surface area contributed by atoms with Crippen LogP contribution in [0.15, 0.2) is 29.4 Å². The molecule has 0 atom stereocenters. The van der Waals surface area contributed by atoms with Crippen LogP contribution in [0.3, 0.4) is 0 Å². The van der Waals surface area contributed by atoms with Crippen molar-refractivity contribution in [3.05, 3.63) is 52.3 Å². The maximum Gasteiger partial charge on any atom is 0.188 e. The van der Waals surface area contributed by atoms with Crippen LogP contribution in [0, 0.1) is 20.8 Å².